The van der Waals surface area contributed by atoms with Gasteiger partial charge in [-0.15, -0.1) is 23.2 Å². The Hall–Kier alpha value is -0.980. The first-order valence-corrected chi connectivity index (χ1v) is 8.38. The predicted molar refractivity (Wildman–Crippen MR) is 93.6 cm³/mol. The number of alkyl halides is 2. The van der Waals surface area contributed by atoms with Crippen LogP contribution in [0.25, 0.3) is 0 Å². The summed E-state index contributed by atoms with van der Waals surface area (Å²) in [5, 5.41) is 0. The zero-order valence-corrected chi connectivity index (χ0v) is 14.2. The Labute approximate surface area is 138 Å². The van der Waals surface area contributed by atoms with Gasteiger partial charge in [0.25, 0.3) is 0 Å². The van der Waals surface area contributed by atoms with Crippen LogP contribution in [0.3, 0.4) is 0 Å². The third-order valence-electron chi connectivity index (χ3n) is 4.19. The quantitative estimate of drug-likeness (QED) is 0.612. The van der Waals surface area contributed by atoms with Crippen molar-refractivity contribution in [2.24, 2.45) is 5.41 Å². The number of rotatable bonds is 6. The van der Waals surface area contributed by atoms with E-state index in [-0.39, 0.29) is 5.41 Å². The Bertz CT molecular complexity index is 551. The van der Waals surface area contributed by atoms with Crippen LogP contribution in [0.1, 0.15) is 22.3 Å². The van der Waals surface area contributed by atoms with Crippen LogP contribution in [0.2, 0.25) is 0 Å². The van der Waals surface area contributed by atoms with Gasteiger partial charge >= 0.3 is 0 Å². The highest BCUT2D eigenvalue weighted by atomic mass is 35.5. The summed E-state index contributed by atoms with van der Waals surface area (Å²) in [6.07, 6.45) is 1.84. The van der Waals surface area contributed by atoms with Crippen molar-refractivity contribution in [3.05, 3.63) is 70.8 Å². The molecule has 0 atom stereocenters. The summed E-state index contributed by atoms with van der Waals surface area (Å²) in [5.74, 6) is 1.14. The molecular weight excluding hydrogens is 299 g/mol. The van der Waals surface area contributed by atoms with Crippen molar-refractivity contribution in [2.75, 3.05) is 11.8 Å². The Morgan fingerprint density at radius 3 is 1.86 bits per heavy atom. The summed E-state index contributed by atoms with van der Waals surface area (Å²) in [5.41, 5.74) is 5.23. The molecule has 2 rings (SSSR count). The molecule has 0 fully saturated rings. The topological polar surface area (TPSA) is 0 Å². The average Bonchev–Trinajstić information content (AvgIpc) is 2.51. The molecule has 0 heterocycles. The number of hydrogen-bond donors (Lipinski definition) is 0. The van der Waals surface area contributed by atoms with E-state index in [4.69, 9.17) is 23.2 Å². The van der Waals surface area contributed by atoms with Crippen LogP contribution in [0.5, 0.6) is 0 Å². The molecular formula is C19H22Cl2. The maximum absolute atomic E-state index is 6.34. The van der Waals surface area contributed by atoms with Gasteiger partial charge in [0.2, 0.25) is 0 Å². The smallest absolute Gasteiger partial charge is 0.0297 e. The minimum atomic E-state index is -0.0959. The largest absolute Gasteiger partial charge is 0.126 e. The summed E-state index contributed by atoms with van der Waals surface area (Å²) in [4.78, 5) is 0. The summed E-state index contributed by atoms with van der Waals surface area (Å²) in [7, 11) is 0. The molecule has 0 saturated heterocycles. The minimum Gasteiger partial charge on any atom is -0.126 e. The normalized spacial score (nSPS) is 11.6. The SMILES string of the molecule is Cc1cccc(C)c1CC(CCl)(CCl)Cc1ccccc1. The second kappa shape index (κ2) is 7.33. The molecule has 2 aromatic carbocycles. The van der Waals surface area contributed by atoms with Gasteiger partial charge in [0, 0.05) is 17.2 Å². The number of hydrogen-bond acceptors (Lipinski definition) is 0. The molecule has 2 aromatic rings. The third kappa shape index (κ3) is 4.02. The van der Waals surface area contributed by atoms with Crippen molar-refractivity contribution in [1.29, 1.82) is 0 Å². The molecule has 0 N–H and O–H groups in total. The summed E-state index contributed by atoms with van der Waals surface area (Å²) in [6.45, 7) is 4.33. The minimum absolute atomic E-state index is 0.0959. The van der Waals surface area contributed by atoms with Crippen LogP contribution in [-0.2, 0) is 12.8 Å². The lowest BCUT2D eigenvalue weighted by atomic mass is 9.78. The van der Waals surface area contributed by atoms with Gasteiger partial charge in [0.1, 0.15) is 0 Å². The van der Waals surface area contributed by atoms with E-state index in [0.29, 0.717) is 11.8 Å². The van der Waals surface area contributed by atoms with Gasteiger partial charge in [-0.3, -0.25) is 0 Å². The first kappa shape index (κ1) is 16.4. The maximum Gasteiger partial charge on any atom is 0.0297 e. The van der Waals surface area contributed by atoms with Gasteiger partial charge in [-0.2, -0.15) is 0 Å². The molecule has 0 aromatic heterocycles. The van der Waals surface area contributed by atoms with Gasteiger partial charge in [-0.1, -0.05) is 48.5 Å². The molecule has 112 valence electrons. The van der Waals surface area contributed by atoms with E-state index in [9.17, 15) is 0 Å². The Balaban J connectivity index is 2.30. The van der Waals surface area contributed by atoms with Crippen molar-refractivity contribution in [3.8, 4) is 0 Å². The van der Waals surface area contributed by atoms with Crippen LogP contribution in [0.4, 0.5) is 0 Å². The second-order valence-corrected chi connectivity index (χ2v) is 6.51. The molecule has 0 bridgehead atoms. The van der Waals surface area contributed by atoms with Gasteiger partial charge in [-0.05, 0) is 48.9 Å². The van der Waals surface area contributed by atoms with Crippen LogP contribution < -0.4 is 0 Å². The van der Waals surface area contributed by atoms with Gasteiger partial charge in [0.05, 0.1) is 0 Å². The molecule has 0 aliphatic heterocycles. The van der Waals surface area contributed by atoms with Crippen LogP contribution in [0.15, 0.2) is 48.5 Å². The van der Waals surface area contributed by atoms with Gasteiger partial charge in [0.15, 0.2) is 0 Å². The van der Waals surface area contributed by atoms with E-state index in [1.807, 2.05) is 6.07 Å². The molecule has 2 heteroatoms. The molecule has 0 nitrogen and oxygen atoms in total. The lowest BCUT2D eigenvalue weighted by molar-refractivity contribution is 0.372. The van der Waals surface area contributed by atoms with E-state index in [0.717, 1.165) is 12.8 Å². The lowest BCUT2D eigenvalue weighted by Crippen LogP contribution is -2.31. The second-order valence-electron chi connectivity index (χ2n) is 5.98. The van der Waals surface area contributed by atoms with Crippen LogP contribution in [-0.4, -0.2) is 11.8 Å². The van der Waals surface area contributed by atoms with Crippen molar-refractivity contribution in [3.63, 3.8) is 0 Å². The Morgan fingerprint density at radius 2 is 1.33 bits per heavy atom. The highest BCUT2D eigenvalue weighted by Gasteiger charge is 2.30. The molecule has 0 saturated carbocycles. The molecule has 0 unspecified atom stereocenters. The average molecular weight is 321 g/mol. The zero-order valence-electron chi connectivity index (χ0n) is 12.7. The molecule has 0 aliphatic rings. The highest BCUT2D eigenvalue weighted by molar-refractivity contribution is 6.21. The van der Waals surface area contributed by atoms with Gasteiger partial charge < -0.3 is 0 Å². The highest BCUT2D eigenvalue weighted by Crippen LogP contribution is 2.33. The molecule has 21 heavy (non-hydrogen) atoms. The fourth-order valence-electron chi connectivity index (χ4n) is 2.82. The van der Waals surface area contributed by atoms with Crippen LogP contribution >= 0.6 is 23.2 Å². The predicted octanol–water partition coefficient (Wildman–Crippen LogP) is 5.55. The summed E-state index contributed by atoms with van der Waals surface area (Å²) < 4.78 is 0. The summed E-state index contributed by atoms with van der Waals surface area (Å²) >= 11 is 12.7. The zero-order chi connectivity index (χ0) is 15.3. The maximum atomic E-state index is 6.34. The molecule has 0 amide bonds. The molecule has 0 aliphatic carbocycles. The van der Waals surface area contributed by atoms with E-state index in [2.05, 4.69) is 56.3 Å². The van der Waals surface area contributed by atoms with E-state index >= 15 is 0 Å². The van der Waals surface area contributed by atoms with Gasteiger partial charge in [-0.25, -0.2) is 0 Å². The monoisotopic (exact) mass is 320 g/mol. The first-order valence-electron chi connectivity index (χ1n) is 7.31. The van der Waals surface area contributed by atoms with E-state index < -0.39 is 0 Å². The van der Waals surface area contributed by atoms with Crippen LogP contribution in [0, 0.1) is 19.3 Å². The van der Waals surface area contributed by atoms with E-state index in [1.54, 1.807) is 0 Å². The number of benzene rings is 2. The Kier molecular flexibility index (Phi) is 5.72. The third-order valence-corrected chi connectivity index (χ3v) is 5.32. The fourth-order valence-corrected chi connectivity index (χ4v) is 3.48. The lowest BCUT2D eigenvalue weighted by Gasteiger charge is -2.31. The summed E-state index contributed by atoms with van der Waals surface area (Å²) in [6, 6.07) is 16.9. The van der Waals surface area contributed by atoms with Crippen molar-refractivity contribution in [1.82, 2.24) is 0 Å². The molecule has 0 spiro atoms. The van der Waals surface area contributed by atoms with E-state index in [1.165, 1.54) is 22.3 Å². The Morgan fingerprint density at radius 1 is 0.762 bits per heavy atom. The molecule has 0 radical (unpaired) electrons. The standard InChI is InChI=1S/C19H22Cl2/c1-15-7-6-8-16(2)18(15)12-19(13-20,14-21)11-17-9-4-3-5-10-17/h3-10H,11-14H2,1-2H3. The van der Waals surface area contributed by atoms with Crippen molar-refractivity contribution < 1.29 is 0 Å². The van der Waals surface area contributed by atoms with Crippen molar-refractivity contribution in [2.45, 2.75) is 26.7 Å². The number of aryl methyl sites for hydroxylation is 2. The fraction of sp³-hybridized carbons (Fsp3) is 0.368. The first-order chi connectivity index (χ1) is 10.1. The van der Waals surface area contributed by atoms with Crippen molar-refractivity contribution >= 4 is 23.2 Å². The number of halogens is 2.